The zero-order chi connectivity index (χ0) is 22.8. The Balaban J connectivity index is 1.59. The summed E-state index contributed by atoms with van der Waals surface area (Å²) in [5.74, 6) is 0.116. The van der Waals surface area contributed by atoms with Crippen LogP contribution in [0.4, 0.5) is 10.3 Å². The maximum absolute atomic E-state index is 13.4. The highest BCUT2D eigenvalue weighted by Gasteiger charge is 2.31. The van der Waals surface area contributed by atoms with E-state index in [1.165, 1.54) is 22.9 Å². The van der Waals surface area contributed by atoms with E-state index in [9.17, 15) is 14.0 Å². The number of hydrogen-bond acceptors (Lipinski definition) is 6. The Morgan fingerprint density at radius 3 is 2.66 bits per heavy atom. The number of carbonyl (C=O) groups is 1. The molecule has 1 unspecified atom stereocenters. The van der Waals surface area contributed by atoms with Gasteiger partial charge in [0, 0.05) is 50.9 Å². The molecule has 0 bridgehead atoms. The van der Waals surface area contributed by atoms with E-state index in [4.69, 9.17) is 4.98 Å². The minimum atomic E-state index is -0.307. The van der Waals surface area contributed by atoms with E-state index in [0.29, 0.717) is 24.7 Å². The van der Waals surface area contributed by atoms with Gasteiger partial charge in [0.05, 0.1) is 11.4 Å². The summed E-state index contributed by atoms with van der Waals surface area (Å²) in [5.41, 5.74) is 2.86. The summed E-state index contributed by atoms with van der Waals surface area (Å²) in [6, 6.07) is 9.29. The molecule has 9 heteroatoms. The smallest absolute Gasteiger partial charge is 0.267 e. The number of aromatic nitrogens is 4. The maximum atomic E-state index is 13.4. The average Bonchev–Trinajstić information content (AvgIpc) is 3.27. The predicted octanol–water partition coefficient (Wildman–Crippen LogP) is 2.23. The van der Waals surface area contributed by atoms with Crippen LogP contribution in [0.5, 0.6) is 0 Å². The van der Waals surface area contributed by atoms with Gasteiger partial charge >= 0.3 is 0 Å². The van der Waals surface area contributed by atoms with Gasteiger partial charge in [0.2, 0.25) is 11.9 Å². The largest absolute Gasteiger partial charge is 0.347 e. The number of likely N-dealkylation sites (tertiary alicyclic amines) is 1. The third kappa shape index (κ3) is 4.51. The Labute approximate surface area is 185 Å². The number of halogens is 1. The molecule has 2 aromatic heterocycles. The fraction of sp³-hybridized carbons (Fsp3) is 0.348. The van der Waals surface area contributed by atoms with Crippen LogP contribution in [0.3, 0.4) is 0 Å². The molecule has 0 aliphatic carbocycles. The van der Waals surface area contributed by atoms with E-state index in [1.54, 1.807) is 36.2 Å². The van der Waals surface area contributed by atoms with E-state index in [2.05, 4.69) is 10.1 Å². The molecule has 1 atom stereocenters. The molecule has 0 saturated carbocycles. The summed E-state index contributed by atoms with van der Waals surface area (Å²) >= 11 is 0. The summed E-state index contributed by atoms with van der Waals surface area (Å²) in [6.07, 6.45) is 2.49. The number of hydrogen-bond donors (Lipinski definition) is 0. The van der Waals surface area contributed by atoms with Crippen molar-refractivity contribution in [3.63, 3.8) is 0 Å². The van der Waals surface area contributed by atoms with E-state index < -0.39 is 0 Å². The van der Waals surface area contributed by atoms with Gasteiger partial charge in [-0.15, -0.1) is 0 Å². The Morgan fingerprint density at radius 1 is 1.19 bits per heavy atom. The van der Waals surface area contributed by atoms with Crippen LogP contribution < -0.4 is 10.5 Å². The number of amides is 1. The van der Waals surface area contributed by atoms with Crippen LogP contribution in [0.15, 0.2) is 47.4 Å². The number of anilines is 1. The van der Waals surface area contributed by atoms with Crippen LogP contribution >= 0.6 is 0 Å². The number of nitrogens with zero attached hydrogens (tertiary/aromatic N) is 6. The molecule has 1 fully saturated rings. The average molecular weight is 436 g/mol. The van der Waals surface area contributed by atoms with Crippen LogP contribution in [-0.2, 0) is 11.3 Å². The van der Waals surface area contributed by atoms with Gasteiger partial charge < -0.3 is 9.80 Å². The second-order valence-electron chi connectivity index (χ2n) is 8.17. The third-order valence-electron chi connectivity index (χ3n) is 5.57. The number of aryl methyl sites for hydroxylation is 1. The maximum Gasteiger partial charge on any atom is 0.267 e. The lowest BCUT2D eigenvalue weighted by Gasteiger charge is -2.20. The first-order chi connectivity index (χ1) is 15.3. The lowest BCUT2D eigenvalue weighted by atomic mass is 9.96. The molecule has 3 aromatic rings. The summed E-state index contributed by atoms with van der Waals surface area (Å²) in [5, 5.41) is 4.15. The van der Waals surface area contributed by atoms with Gasteiger partial charge in [0.15, 0.2) is 0 Å². The summed E-state index contributed by atoms with van der Waals surface area (Å²) in [4.78, 5) is 37.7. The SMILES string of the molecule is Cc1ccc(=O)n(CC(=O)N2CCC(c3nc(N(C)C)ncc3-c3ccc(F)cc3)C2)n1. The van der Waals surface area contributed by atoms with Crippen molar-refractivity contribution in [3.8, 4) is 11.1 Å². The first kappa shape index (κ1) is 21.6. The summed E-state index contributed by atoms with van der Waals surface area (Å²) < 4.78 is 14.6. The molecule has 4 rings (SSSR count). The third-order valence-corrected chi connectivity index (χ3v) is 5.57. The van der Waals surface area contributed by atoms with Crippen molar-refractivity contribution >= 4 is 11.9 Å². The topological polar surface area (TPSA) is 84.2 Å². The van der Waals surface area contributed by atoms with Crippen molar-refractivity contribution in [2.45, 2.75) is 25.8 Å². The molecule has 1 aliphatic heterocycles. The second kappa shape index (κ2) is 8.86. The van der Waals surface area contributed by atoms with Crippen LogP contribution in [0.2, 0.25) is 0 Å². The monoisotopic (exact) mass is 436 g/mol. The Hall–Kier alpha value is -3.62. The molecule has 1 saturated heterocycles. The Bertz CT molecular complexity index is 1190. The minimum absolute atomic E-state index is 0.00268. The fourth-order valence-electron chi connectivity index (χ4n) is 3.87. The number of carbonyl (C=O) groups excluding carboxylic acids is 1. The van der Waals surface area contributed by atoms with Gasteiger partial charge in [-0.25, -0.2) is 19.0 Å². The molecule has 8 nitrogen and oxygen atoms in total. The zero-order valence-electron chi connectivity index (χ0n) is 18.3. The lowest BCUT2D eigenvalue weighted by Crippen LogP contribution is -2.36. The Morgan fingerprint density at radius 2 is 1.94 bits per heavy atom. The van der Waals surface area contributed by atoms with E-state index in [1.807, 2.05) is 19.0 Å². The molecule has 0 N–H and O–H groups in total. The molecule has 3 heterocycles. The molecular formula is C23H25FN6O2. The van der Waals surface area contributed by atoms with Gasteiger partial charge in [-0.2, -0.15) is 5.10 Å². The first-order valence-electron chi connectivity index (χ1n) is 10.4. The van der Waals surface area contributed by atoms with Gasteiger partial charge in [-0.05, 0) is 37.1 Å². The molecule has 1 aliphatic rings. The predicted molar refractivity (Wildman–Crippen MR) is 119 cm³/mol. The van der Waals surface area contributed by atoms with Gasteiger partial charge in [-0.3, -0.25) is 9.59 Å². The molecule has 0 spiro atoms. The van der Waals surface area contributed by atoms with Crippen LogP contribution in [0, 0.1) is 12.7 Å². The van der Waals surface area contributed by atoms with Crippen molar-refractivity contribution in [1.29, 1.82) is 0 Å². The van der Waals surface area contributed by atoms with E-state index in [0.717, 1.165) is 23.2 Å². The standard InChI is InChI=1S/C23H25FN6O2/c1-15-4-9-20(31)30(27-15)14-21(32)29-11-10-17(13-29)22-19(12-25-23(26-22)28(2)3)16-5-7-18(24)8-6-16/h4-9,12,17H,10-11,13-14H2,1-3H3. The normalized spacial score (nSPS) is 15.8. The van der Waals surface area contributed by atoms with Crippen LogP contribution in [0.1, 0.15) is 23.7 Å². The van der Waals surface area contributed by atoms with Crippen molar-refractivity contribution in [2.24, 2.45) is 0 Å². The van der Waals surface area contributed by atoms with Crippen molar-refractivity contribution < 1.29 is 9.18 Å². The van der Waals surface area contributed by atoms with E-state index in [-0.39, 0.29) is 29.7 Å². The van der Waals surface area contributed by atoms with Crippen LogP contribution in [-0.4, -0.2) is 57.7 Å². The van der Waals surface area contributed by atoms with Crippen molar-refractivity contribution in [2.75, 3.05) is 32.1 Å². The zero-order valence-corrected chi connectivity index (χ0v) is 18.3. The highest BCUT2D eigenvalue weighted by molar-refractivity contribution is 5.76. The highest BCUT2D eigenvalue weighted by Crippen LogP contribution is 2.34. The first-order valence-corrected chi connectivity index (χ1v) is 10.4. The van der Waals surface area contributed by atoms with Crippen LogP contribution in [0.25, 0.3) is 11.1 Å². The van der Waals surface area contributed by atoms with Gasteiger partial charge in [0.1, 0.15) is 12.4 Å². The minimum Gasteiger partial charge on any atom is -0.347 e. The molecule has 166 valence electrons. The van der Waals surface area contributed by atoms with Crippen molar-refractivity contribution in [1.82, 2.24) is 24.6 Å². The van der Waals surface area contributed by atoms with Gasteiger partial charge in [0.25, 0.3) is 5.56 Å². The number of rotatable bonds is 5. The molecule has 0 radical (unpaired) electrons. The quantitative estimate of drug-likeness (QED) is 0.610. The summed E-state index contributed by atoms with van der Waals surface area (Å²) in [7, 11) is 3.74. The molecule has 1 amide bonds. The molecule has 1 aromatic carbocycles. The highest BCUT2D eigenvalue weighted by atomic mass is 19.1. The summed E-state index contributed by atoms with van der Waals surface area (Å²) in [6.45, 7) is 2.73. The Kier molecular flexibility index (Phi) is 5.98. The molecular weight excluding hydrogens is 411 g/mol. The fourth-order valence-corrected chi connectivity index (χ4v) is 3.87. The van der Waals surface area contributed by atoms with Crippen molar-refractivity contribution in [3.05, 3.63) is 70.2 Å². The second-order valence-corrected chi connectivity index (χ2v) is 8.17. The lowest BCUT2D eigenvalue weighted by molar-refractivity contribution is -0.131. The van der Waals surface area contributed by atoms with Gasteiger partial charge in [-0.1, -0.05) is 12.1 Å². The van der Waals surface area contributed by atoms with E-state index >= 15 is 0 Å². The number of benzene rings is 1. The molecule has 32 heavy (non-hydrogen) atoms.